The maximum absolute atomic E-state index is 10.7. The molecule has 12 heavy (non-hydrogen) atoms. The van der Waals surface area contributed by atoms with Crippen LogP contribution in [0.1, 0.15) is 26.2 Å². The Morgan fingerprint density at radius 2 is 2.33 bits per heavy atom. The molecule has 0 bridgehead atoms. The molecule has 1 N–H and O–H groups in total. The van der Waals surface area contributed by atoms with Crippen molar-refractivity contribution in [3.8, 4) is 0 Å². The molecule has 1 atom stereocenters. The summed E-state index contributed by atoms with van der Waals surface area (Å²) in [6, 6.07) is 0. The van der Waals surface area contributed by atoms with Gasteiger partial charge in [0.15, 0.2) is 0 Å². The van der Waals surface area contributed by atoms with Crippen molar-refractivity contribution in [1.82, 2.24) is 0 Å². The molecule has 1 aliphatic rings. The average Bonchev–Trinajstić information content (AvgIpc) is 2.07. The summed E-state index contributed by atoms with van der Waals surface area (Å²) >= 11 is 0. The number of ether oxygens (including phenoxy) is 1. The van der Waals surface area contributed by atoms with Crippen LogP contribution in [0.25, 0.3) is 0 Å². The van der Waals surface area contributed by atoms with Crippen molar-refractivity contribution < 1.29 is 14.6 Å². The van der Waals surface area contributed by atoms with Crippen LogP contribution in [0.4, 0.5) is 0 Å². The maximum Gasteiger partial charge on any atom is 0.333 e. The minimum absolute atomic E-state index is 0.179. The van der Waals surface area contributed by atoms with Gasteiger partial charge in [0.1, 0.15) is 0 Å². The highest BCUT2D eigenvalue weighted by Gasteiger charge is 2.22. The first-order chi connectivity index (χ1) is 5.75. The van der Waals surface area contributed by atoms with E-state index in [1.807, 2.05) is 0 Å². The van der Waals surface area contributed by atoms with Gasteiger partial charge >= 0.3 is 5.97 Å². The van der Waals surface area contributed by atoms with Crippen molar-refractivity contribution in [3.05, 3.63) is 11.6 Å². The Morgan fingerprint density at radius 1 is 1.58 bits per heavy atom. The zero-order valence-electron chi connectivity index (χ0n) is 7.25. The molecule has 1 fully saturated rings. The van der Waals surface area contributed by atoms with Gasteiger partial charge in [0.2, 0.25) is 0 Å². The minimum atomic E-state index is -0.857. The highest BCUT2D eigenvalue weighted by molar-refractivity contribution is 5.87. The van der Waals surface area contributed by atoms with E-state index < -0.39 is 5.97 Å². The van der Waals surface area contributed by atoms with Gasteiger partial charge in [-0.2, -0.15) is 0 Å². The molecule has 1 saturated heterocycles. The molecule has 0 aliphatic carbocycles. The molecule has 68 valence electrons. The van der Waals surface area contributed by atoms with Crippen LogP contribution < -0.4 is 0 Å². The summed E-state index contributed by atoms with van der Waals surface area (Å²) in [6.07, 6.45) is 4.40. The van der Waals surface area contributed by atoms with Crippen molar-refractivity contribution in [2.45, 2.75) is 32.3 Å². The quantitative estimate of drug-likeness (QED) is 0.640. The zero-order chi connectivity index (χ0) is 8.97. The molecule has 3 heteroatoms. The third-order valence-corrected chi connectivity index (χ3v) is 2.08. The summed E-state index contributed by atoms with van der Waals surface area (Å²) in [6.45, 7) is 2.43. The maximum atomic E-state index is 10.7. The molecule has 0 amide bonds. The van der Waals surface area contributed by atoms with Crippen molar-refractivity contribution in [2.24, 2.45) is 0 Å². The van der Waals surface area contributed by atoms with E-state index in [0.29, 0.717) is 12.2 Å². The number of carbonyl (C=O) groups is 1. The standard InChI is InChI=1S/C9H14O3/c1-2-7(9(10)11)8-5-3-4-6-12-8/h2,8H,3-6H2,1H3,(H,10,11). The molecule has 0 radical (unpaired) electrons. The second-order valence-corrected chi connectivity index (χ2v) is 2.90. The number of aliphatic carboxylic acids is 1. The fourth-order valence-corrected chi connectivity index (χ4v) is 1.43. The van der Waals surface area contributed by atoms with Gasteiger partial charge in [0.25, 0.3) is 0 Å². The third-order valence-electron chi connectivity index (χ3n) is 2.08. The summed E-state index contributed by atoms with van der Waals surface area (Å²) in [7, 11) is 0. The summed E-state index contributed by atoms with van der Waals surface area (Å²) in [5, 5.41) is 8.78. The van der Waals surface area contributed by atoms with Crippen LogP contribution in [-0.2, 0) is 9.53 Å². The average molecular weight is 170 g/mol. The van der Waals surface area contributed by atoms with Gasteiger partial charge in [-0.1, -0.05) is 6.08 Å². The van der Waals surface area contributed by atoms with Crippen LogP contribution in [0, 0.1) is 0 Å². The number of hydrogen-bond acceptors (Lipinski definition) is 2. The molecule has 0 saturated carbocycles. The number of allylic oxidation sites excluding steroid dienone is 1. The van der Waals surface area contributed by atoms with E-state index in [-0.39, 0.29) is 6.10 Å². The molecular formula is C9H14O3. The molecule has 0 spiro atoms. The molecule has 0 aromatic rings. The summed E-state index contributed by atoms with van der Waals surface area (Å²) in [4.78, 5) is 10.7. The molecule has 0 aromatic heterocycles. The minimum Gasteiger partial charge on any atom is -0.478 e. The van der Waals surface area contributed by atoms with Crippen LogP contribution in [0.3, 0.4) is 0 Å². The Kier molecular flexibility index (Phi) is 3.29. The van der Waals surface area contributed by atoms with Gasteiger partial charge in [-0.15, -0.1) is 0 Å². The smallest absolute Gasteiger partial charge is 0.333 e. The summed E-state index contributed by atoms with van der Waals surface area (Å²) in [5.41, 5.74) is 0.398. The topological polar surface area (TPSA) is 46.5 Å². The Morgan fingerprint density at radius 3 is 2.75 bits per heavy atom. The normalized spacial score (nSPS) is 25.4. The van der Waals surface area contributed by atoms with E-state index in [0.717, 1.165) is 19.3 Å². The van der Waals surface area contributed by atoms with Gasteiger partial charge in [-0.3, -0.25) is 0 Å². The number of hydrogen-bond donors (Lipinski definition) is 1. The van der Waals surface area contributed by atoms with E-state index in [9.17, 15) is 4.79 Å². The van der Waals surface area contributed by atoms with Crippen molar-refractivity contribution in [2.75, 3.05) is 6.61 Å². The fourth-order valence-electron chi connectivity index (χ4n) is 1.43. The highest BCUT2D eigenvalue weighted by atomic mass is 16.5. The van der Waals surface area contributed by atoms with Crippen molar-refractivity contribution >= 4 is 5.97 Å². The summed E-state index contributed by atoms with van der Waals surface area (Å²) < 4.78 is 5.34. The van der Waals surface area contributed by atoms with Gasteiger partial charge < -0.3 is 9.84 Å². The zero-order valence-corrected chi connectivity index (χ0v) is 7.25. The van der Waals surface area contributed by atoms with Gasteiger partial charge in [-0.25, -0.2) is 4.79 Å². The van der Waals surface area contributed by atoms with E-state index in [2.05, 4.69) is 0 Å². The predicted octanol–water partition coefficient (Wildman–Crippen LogP) is 1.59. The number of carboxylic acids is 1. The first-order valence-electron chi connectivity index (χ1n) is 4.27. The predicted molar refractivity (Wildman–Crippen MR) is 45.0 cm³/mol. The monoisotopic (exact) mass is 170 g/mol. The number of rotatable bonds is 2. The molecule has 1 unspecified atom stereocenters. The lowest BCUT2D eigenvalue weighted by molar-refractivity contribution is -0.134. The lowest BCUT2D eigenvalue weighted by atomic mass is 10.0. The van der Waals surface area contributed by atoms with E-state index >= 15 is 0 Å². The molecule has 3 nitrogen and oxygen atoms in total. The van der Waals surface area contributed by atoms with Crippen molar-refractivity contribution in [1.29, 1.82) is 0 Å². The van der Waals surface area contributed by atoms with Crippen molar-refractivity contribution in [3.63, 3.8) is 0 Å². The van der Waals surface area contributed by atoms with E-state index in [4.69, 9.17) is 9.84 Å². The van der Waals surface area contributed by atoms with Gasteiger partial charge in [-0.05, 0) is 26.2 Å². The third kappa shape index (κ3) is 2.08. The lowest BCUT2D eigenvalue weighted by Crippen LogP contribution is -2.25. The van der Waals surface area contributed by atoms with Gasteiger partial charge in [0.05, 0.1) is 11.7 Å². The summed E-state index contributed by atoms with van der Waals surface area (Å²) in [5.74, 6) is -0.857. The molecule has 1 heterocycles. The first-order valence-corrected chi connectivity index (χ1v) is 4.27. The fraction of sp³-hybridized carbons (Fsp3) is 0.667. The van der Waals surface area contributed by atoms with Gasteiger partial charge in [0, 0.05) is 6.61 Å². The van der Waals surface area contributed by atoms with Crippen LogP contribution >= 0.6 is 0 Å². The van der Waals surface area contributed by atoms with Crippen LogP contribution in [0.5, 0.6) is 0 Å². The molecule has 0 aromatic carbocycles. The second kappa shape index (κ2) is 4.26. The second-order valence-electron chi connectivity index (χ2n) is 2.90. The van der Waals surface area contributed by atoms with E-state index in [1.165, 1.54) is 0 Å². The highest BCUT2D eigenvalue weighted by Crippen LogP contribution is 2.19. The van der Waals surface area contributed by atoms with Crippen LogP contribution in [0.2, 0.25) is 0 Å². The van der Waals surface area contributed by atoms with Crippen LogP contribution in [0.15, 0.2) is 11.6 Å². The molecular weight excluding hydrogens is 156 g/mol. The first kappa shape index (κ1) is 9.26. The lowest BCUT2D eigenvalue weighted by Gasteiger charge is -2.22. The Bertz CT molecular complexity index is 190. The molecule has 1 rings (SSSR count). The Hall–Kier alpha value is -0.830. The SMILES string of the molecule is CC=C(C(=O)O)C1CCCCO1. The molecule has 1 aliphatic heterocycles. The largest absolute Gasteiger partial charge is 0.478 e. The number of carboxylic acid groups (broad SMARTS) is 1. The van der Waals surface area contributed by atoms with Crippen LogP contribution in [-0.4, -0.2) is 23.8 Å². The Labute approximate surface area is 72.0 Å². The van der Waals surface area contributed by atoms with E-state index in [1.54, 1.807) is 13.0 Å². The Balaban J connectivity index is 2.59.